The molecule has 0 aliphatic rings. The van der Waals surface area contributed by atoms with Crippen molar-refractivity contribution < 1.29 is 0 Å². The summed E-state index contributed by atoms with van der Waals surface area (Å²) in [5, 5.41) is 0.611. The second-order valence-electron chi connectivity index (χ2n) is 1.42. The molecule has 1 N–H and O–H groups in total. The Morgan fingerprint density at radius 1 is 1.44 bits per heavy atom. The lowest BCUT2D eigenvalue weighted by molar-refractivity contribution is 1.12. The van der Waals surface area contributed by atoms with Crippen LogP contribution in [0.1, 0.15) is 5.82 Å². The van der Waals surface area contributed by atoms with Gasteiger partial charge in [-0.15, -0.1) is 11.6 Å². The largest absolute Gasteiger partial charge is 0.331 e. The highest BCUT2D eigenvalue weighted by Gasteiger charge is 2.02. The molecule has 0 aliphatic heterocycles. The maximum atomic E-state index is 5.50. The minimum atomic E-state index is 0.271. The smallest absolute Gasteiger partial charge is 0.166 e. The quantitative estimate of drug-likeness (QED) is 0.669. The molecule has 0 saturated carbocycles. The molecule has 50 valence electrons. The fraction of sp³-hybridized carbons (Fsp3) is 0.250. The van der Waals surface area contributed by atoms with E-state index in [1.807, 2.05) is 0 Å². The van der Waals surface area contributed by atoms with Crippen molar-refractivity contribution in [2.75, 3.05) is 0 Å². The number of halogens is 3. The number of alkyl halides is 1. The van der Waals surface area contributed by atoms with Gasteiger partial charge in [0, 0.05) is 0 Å². The van der Waals surface area contributed by atoms with Crippen LogP contribution < -0.4 is 0 Å². The molecule has 1 heterocycles. The molecule has 0 saturated heterocycles. The predicted octanol–water partition coefficient (Wildman–Crippen LogP) is 2.46. The minimum absolute atomic E-state index is 0.271. The second kappa shape index (κ2) is 2.78. The van der Waals surface area contributed by atoms with Crippen LogP contribution in [0.4, 0.5) is 0 Å². The molecule has 0 aromatic carbocycles. The van der Waals surface area contributed by atoms with E-state index >= 15 is 0 Å². The van der Waals surface area contributed by atoms with E-state index in [2.05, 4.69) is 9.97 Å². The molecule has 0 radical (unpaired) electrons. The van der Waals surface area contributed by atoms with E-state index in [1.165, 1.54) is 0 Å². The summed E-state index contributed by atoms with van der Waals surface area (Å²) in [4.78, 5) is 6.46. The van der Waals surface area contributed by atoms with Gasteiger partial charge in [0.1, 0.15) is 11.0 Å². The first-order valence-corrected chi connectivity index (χ1v) is 3.49. The second-order valence-corrected chi connectivity index (χ2v) is 2.43. The number of nitrogens with zero attached hydrogens (tertiary/aromatic N) is 1. The zero-order chi connectivity index (χ0) is 6.85. The van der Waals surface area contributed by atoms with Gasteiger partial charge in [-0.1, -0.05) is 23.2 Å². The summed E-state index contributed by atoms with van der Waals surface area (Å²) in [5.74, 6) is 0.888. The summed E-state index contributed by atoms with van der Waals surface area (Å²) >= 11 is 16.4. The highest BCUT2D eigenvalue weighted by atomic mass is 35.5. The van der Waals surface area contributed by atoms with Crippen LogP contribution in [0.15, 0.2) is 0 Å². The van der Waals surface area contributed by atoms with Gasteiger partial charge in [-0.25, -0.2) is 4.98 Å². The van der Waals surface area contributed by atoms with Crippen molar-refractivity contribution >= 4 is 34.8 Å². The Morgan fingerprint density at radius 3 is 2.33 bits per heavy atom. The van der Waals surface area contributed by atoms with Crippen LogP contribution in [-0.4, -0.2) is 9.97 Å². The average Bonchev–Trinajstić information content (AvgIpc) is 2.13. The number of H-pyrrole nitrogens is 1. The molecule has 5 heteroatoms. The van der Waals surface area contributed by atoms with E-state index in [9.17, 15) is 0 Å². The maximum Gasteiger partial charge on any atom is 0.166 e. The van der Waals surface area contributed by atoms with Gasteiger partial charge >= 0.3 is 0 Å². The van der Waals surface area contributed by atoms with Crippen LogP contribution in [0.25, 0.3) is 0 Å². The predicted molar refractivity (Wildman–Crippen MR) is 38.2 cm³/mol. The zero-order valence-corrected chi connectivity index (χ0v) is 6.56. The summed E-state index contributed by atoms with van der Waals surface area (Å²) < 4.78 is 0. The van der Waals surface area contributed by atoms with Gasteiger partial charge in [0.2, 0.25) is 0 Å². The Bertz CT molecular complexity index is 188. The van der Waals surface area contributed by atoms with E-state index in [0.29, 0.717) is 16.9 Å². The molecule has 2 nitrogen and oxygen atoms in total. The molecule has 1 rings (SSSR count). The Labute approximate surface area is 67.1 Å². The molecule has 0 fully saturated rings. The lowest BCUT2D eigenvalue weighted by Gasteiger charge is -1.78. The summed E-state index contributed by atoms with van der Waals surface area (Å²) in [7, 11) is 0. The number of rotatable bonds is 1. The number of aromatic nitrogens is 2. The van der Waals surface area contributed by atoms with Crippen molar-refractivity contribution in [1.29, 1.82) is 0 Å². The molecule has 1 aromatic rings. The summed E-state index contributed by atoms with van der Waals surface area (Å²) in [6.07, 6.45) is 0. The number of hydrogen-bond donors (Lipinski definition) is 1. The zero-order valence-electron chi connectivity index (χ0n) is 4.29. The number of aromatic amines is 1. The van der Waals surface area contributed by atoms with Crippen molar-refractivity contribution in [3.8, 4) is 0 Å². The highest BCUT2D eigenvalue weighted by molar-refractivity contribution is 6.40. The van der Waals surface area contributed by atoms with Crippen LogP contribution in [-0.2, 0) is 5.88 Å². The Kier molecular flexibility index (Phi) is 2.22. The Balaban J connectivity index is 2.98. The number of hydrogen-bond acceptors (Lipinski definition) is 1. The minimum Gasteiger partial charge on any atom is -0.331 e. The molecule has 0 bridgehead atoms. The highest BCUT2D eigenvalue weighted by Crippen LogP contribution is 2.18. The van der Waals surface area contributed by atoms with Gasteiger partial charge in [-0.2, -0.15) is 0 Å². The molecule has 0 unspecified atom stereocenters. The summed E-state index contributed by atoms with van der Waals surface area (Å²) in [6.45, 7) is 0. The van der Waals surface area contributed by atoms with Gasteiger partial charge in [0.15, 0.2) is 5.15 Å². The topological polar surface area (TPSA) is 28.7 Å². The van der Waals surface area contributed by atoms with E-state index in [0.717, 1.165) is 0 Å². The normalized spacial score (nSPS) is 10.1. The third-order valence-corrected chi connectivity index (χ3v) is 1.69. The maximum absolute atomic E-state index is 5.50. The average molecular weight is 185 g/mol. The molecule has 0 amide bonds. The van der Waals surface area contributed by atoms with E-state index in [1.54, 1.807) is 0 Å². The lowest BCUT2D eigenvalue weighted by atomic mass is 10.7. The van der Waals surface area contributed by atoms with Crippen LogP contribution >= 0.6 is 34.8 Å². The van der Waals surface area contributed by atoms with Gasteiger partial charge in [0.25, 0.3) is 0 Å². The SMILES string of the molecule is ClCc1nc(Cl)c(Cl)[nH]1. The molecular weight excluding hydrogens is 182 g/mol. The summed E-state index contributed by atoms with van der Waals surface area (Å²) in [5.41, 5.74) is 0. The van der Waals surface area contributed by atoms with Gasteiger partial charge in [-0.05, 0) is 0 Å². The third-order valence-electron chi connectivity index (χ3n) is 0.795. The van der Waals surface area contributed by atoms with E-state index in [-0.39, 0.29) is 5.15 Å². The van der Waals surface area contributed by atoms with Crippen molar-refractivity contribution in [1.82, 2.24) is 9.97 Å². The van der Waals surface area contributed by atoms with Crippen LogP contribution in [0.5, 0.6) is 0 Å². The van der Waals surface area contributed by atoms with Crippen molar-refractivity contribution in [3.63, 3.8) is 0 Å². The van der Waals surface area contributed by atoms with Gasteiger partial charge < -0.3 is 4.98 Å². The standard InChI is InChI=1S/C4H3Cl3N2/c5-1-2-8-3(6)4(7)9-2/h1H2,(H,8,9). The van der Waals surface area contributed by atoms with Crippen molar-refractivity contribution in [2.45, 2.75) is 5.88 Å². The fourth-order valence-electron chi connectivity index (χ4n) is 0.437. The van der Waals surface area contributed by atoms with E-state index < -0.39 is 0 Å². The monoisotopic (exact) mass is 184 g/mol. The molecule has 0 atom stereocenters. The molecule has 0 spiro atoms. The Hall–Kier alpha value is 0.0800. The first-order chi connectivity index (χ1) is 4.24. The number of imidazole rings is 1. The molecular formula is C4H3Cl3N2. The lowest BCUT2D eigenvalue weighted by Crippen LogP contribution is -1.77. The van der Waals surface area contributed by atoms with E-state index in [4.69, 9.17) is 34.8 Å². The first kappa shape index (κ1) is 7.19. The van der Waals surface area contributed by atoms with Gasteiger partial charge in [-0.3, -0.25) is 0 Å². The van der Waals surface area contributed by atoms with Crippen molar-refractivity contribution in [3.05, 3.63) is 16.1 Å². The molecule has 9 heavy (non-hydrogen) atoms. The molecule has 1 aromatic heterocycles. The molecule has 0 aliphatic carbocycles. The van der Waals surface area contributed by atoms with Crippen LogP contribution in [0, 0.1) is 0 Å². The first-order valence-electron chi connectivity index (χ1n) is 2.20. The third kappa shape index (κ3) is 1.51. The van der Waals surface area contributed by atoms with Crippen LogP contribution in [0.3, 0.4) is 0 Å². The number of nitrogens with one attached hydrogen (secondary N) is 1. The summed E-state index contributed by atoms with van der Waals surface area (Å²) in [6, 6.07) is 0. The van der Waals surface area contributed by atoms with Crippen LogP contribution in [0.2, 0.25) is 10.3 Å². The fourth-order valence-corrected chi connectivity index (χ4v) is 0.864. The van der Waals surface area contributed by atoms with Gasteiger partial charge in [0.05, 0.1) is 5.88 Å². The van der Waals surface area contributed by atoms with Crippen molar-refractivity contribution in [2.24, 2.45) is 0 Å². The Morgan fingerprint density at radius 2 is 2.11 bits per heavy atom.